The maximum atomic E-state index is 13.2. The monoisotopic (exact) mass is 410 g/mol. The van der Waals surface area contributed by atoms with E-state index in [0.29, 0.717) is 25.3 Å². The van der Waals surface area contributed by atoms with E-state index in [1.54, 1.807) is 4.90 Å². The third-order valence-electron chi connectivity index (χ3n) is 5.09. The highest BCUT2D eigenvalue weighted by molar-refractivity contribution is 5.88. The Hall–Kier alpha value is -2.82. The number of nitrogens with one attached hydrogen (secondary N) is 1. The average Bonchev–Trinajstić information content (AvgIpc) is 2.72. The van der Waals surface area contributed by atoms with E-state index < -0.39 is 6.04 Å². The zero-order valence-electron chi connectivity index (χ0n) is 18.8. The standard InChI is InChI=1S/C25H34N2O3/c1-6-14-26-25(29)22(7-2)27(16-21-11-8-18(3)9-12-21)24(28)17-30-23-13-10-19(4)15-20(23)5/h8-13,15,22H,6-7,14,16-17H2,1-5H3,(H,26,29)/t22-/m1/s1. The van der Waals surface area contributed by atoms with Crippen molar-refractivity contribution < 1.29 is 14.3 Å². The molecule has 162 valence electrons. The van der Waals surface area contributed by atoms with E-state index in [-0.39, 0.29) is 18.4 Å². The number of amides is 2. The molecule has 0 heterocycles. The van der Waals surface area contributed by atoms with E-state index in [9.17, 15) is 9.59 Å². The fourth-order valence-corrected chi connectivity index (χ4v) is 3.36. The molecule has 0 aliphatic heterocycles. The van der Waals surface area contributed by atoms with Crippen LogP contribution in [-0.4, -0.2) is 35.9 Å². The fraction of sp³-hybridized carbons (Fsp3) is 0.440. The molecule has 0 aliphatic carbocycles. The Morgan fingerprint density at radius 2 is 1.67 bits per heavy atom. The van der Waals surface area contributed by atoms with Crippen molar-refractivity contribution in [2.45, 2.75) is 60.0 Å². The van der Waals surface area contributed by atoms with Crippen molar-refractivity contribution in [3.05, 3.63) is 64.7 Å². The van der Waals surface area contributed by atoms with Crippen LogP contribution < -0.4 is 10.1 Å². The quantitative estimate of drug-likeness (QED) is 0.634. The summed E-state index contributed by atoms with van der Waals surface area (Å²) in [6.07, 6.45) is 1.39. The molecule has 30 heavy (non-hydrogen) atoms. The molecule has 2 rings (SSSR count). The third kappa shape index (κ3) is 6.61. The number of benzene rings is 2. The van der Waals surface area contributed by atoms with Crippen LogP contribution in [0.25, 0.3) is 0 Å². The molecule has 5 nitrogen and oxygen atoms in total. The van der Waals surface area contributed by atoms with Crippen LogP contribution in [0.15, 0.2) is 42.5 Å². The number of hydrogen-bond donors (Lipinski definition) is 1. The van der Waals surface area contributed by atoms with Crippen LogP contribution in [0.2, 0.25) is 0 Å². The Bertz CT molecular complexity index is 846. The number of hydrogen-bond acceptors (Lipinski definition) is 3. The Labute approximate surface area is 180 Å². The van der Waals surface area contributed by atoms with Gasteiger partial charge in [0, 0.05) is 13.1 Å². The lowest BCUT2D eigenvalue weighted by Gasteiger charge is -2.30. The summed E-state index contributed by atoms with van der Waals surface area (Å²) >= 11 is 0. The second kappa shape index (κ2) is 11.4. The van der Waals surface area contributed by atoms with Crippen molar-refractivity contribution in [1.82, 2.24) is 10.2 Å². The first kappa shape index (κ1) is 23.5. The Morgan fingerprint density at radius 1 is 1.00 bits per heavy atom. The number of nitrogens with zero attached hydrogens (tertiary/aromatic N) is 1. The fourth-order valence-electron chi connectivity index (χ4n) is 3.36. The summed E-state index contributed by atoms with van der Waals surface area (Å²) in [5.74, 6) is 0.369. The minimum Gasteiger partial charge on any atom is -0.483 e. The number of carbonyl (C=O) groups excluding carboxylic acids is 2. The summed E-state index contributed by atoms with van der Waals surface area (Å²) in [6, 6.07) is 13.4. The normalized spacial score (nSPS) is 11.6. The second-order valence-corrected chi connectivity index (χ2v) is 7.78. The molecule has 2 aromatic rings. The lowest BCUT2D eigenvalue weighted by atomic mass is 10.1. The van der Waals surface area contributed by atoms with Gasteiger partial charge in [-0.15, -0.1) is 0 Å². The predicted molar refractivity (Wildman–Crippen MR) is 121 cm³/mol. The SMILES string of the molecule is CCCNC(=O)[C@@H](CC)N(Cc1ccc(C)cc1)C(=O)COc1ccc(C)cc1C. The zero-order valence-corrected chi connectivity index (χ0v) is 18.8. The summed E-state index contributed by atoms with van der Waals surface area (Å²) in [5, 5.41) is 2.93. The maximum absolute atomic E-state index is 13.2. The molecule has 2 amide bonds. The van der Waals surface area contributed by atoms with Crippen molar-refractivity contribution in [2.24, 2.45) is 0 Å². The molecular formula is C25H34N2O3. The largest absolute Gasteiger partial charge is 0.483 e. The Balaban J connectivity index is 2.20. The molecule has 0 saturated carbocycles. The van der Waals surface area contributed by atoms with Crippen LogP contribution in [0.3, 0.4) is 0 Å². The molecule has 0 unspecified atom stereocenters. The highest BCUT2D eigenvalue weighted by atomic mass is 16.5. The minimum absolute atomic E-state index is 0.104. The highest BCUT2D eigenvalue weighted by Gasteiger charge is 2.28. The zero-order chi connectivity index (χ0) is 22.1. The Morgan fingerprint density at radius 3 is 2.27 bits per heavy atom. The van der Waals surface area contributed by atoms with Crippen molar-refractivity contribution >= 4 is 11.8 Å². The van der Waals surface area contributed by atoms with Gasteiger partial charge in [0.2, 0.25) is 5.91 Å². The molecule has 0 bridgehead atoms. The van der Waals surface area contributed by atoms with E-state index in [1.165, 1.54) is 0 Å². The summed E-state index contributed by atoms with van der Waals surface area (Å²) in [5.41, 5.74) is 4.27. The van der Waals surface area contributed by atoms with Crippen molar-refractivity contribution in [3.63, 3.8) is 0 Å². The molecule has 0 spiro atoms. The van der Waals surface area contributed by atoms with E-state index in [4.69, 9.17) is 4.74 Å². The number of aryl methyl sites for hydroxylation is 3. The molecule has 0 fully saturated rings. The van der Waals surface area contributed by atoms with Gasteiger partial charge in [-0.2, -0.15) is 0 Å². The van der Waals surface area contributed by atoms with Crippen LogP contribution in [0, 0.1) is 20.8 Å². The van der Waals surface area contributed by atoms with Gasteiger partial charge >= 0.3 is 0 Å². The van der Waals surface area contributed by atoms with E-state index in [0.717, 1.165) is 28.7 Å². The molecule has 5 heteroatoms. The van der Waals surface area contributed by atoms with Crippen LogP contribution in [0.4, 0.5) is 0 Å². The lowest BCUT2D eigenvalue weighted by Crippen LogP contribution is -2.50. The lowest BCUT2D eigenvalue weighted by molar-refractivity contribution is -0.143. The number of ether oxygens (including phenoxy) is 1. The average molecular weight is 411 g/mol. The summed E-state index contributed by atoms with van der Waals surface area (Å²) in [4.78, 5) is 27.5. The minimum atomic E-state index is -0.534. The number of carbonyl (C=O) groups is 2. The third-order valence-corrected chi connectivity index (χ3v) is 5.09. The van der Waals surface area contributed by atoms with E-state index in [2.05, 4.69) is 5.32 Å². The molecule has 2 aromatic carbocycles. The van der Waals surface area contributed by atoms with Gasteiger partial charge in [-0.05, 0) is 50.8 Å². The van der Waals surface area contributed by atoms with Crippen LogP contribution in [0.1, 0.15) is 48.9 Å². The first-order valence-electron chi connectivity index (χ1n) is 10.7. The molecule has 0 aliphatic rings. The molecule has 0 radical (unpaired) electrons. The van der Waals surface area contributed by atoms with Gasteiger partial charge in [-0.3, -0.25) is 9.59 Å². The second-order valence-electron chi connectivity index (χ2n) is 7.78. The molecule has 0 aromatic heterocycles. The molecule has 1 atom stereocenters. The number of rotatable bonds is 10. The first-order valence-corrected chi connectivity index (χ1v) is 10.7. The summed E-state index contributed by atoms with van der Waals surface area (Å²) in [6.45, 7) is 10.8. The predicted octanol–water partition coefficient (Wildman–Crippen LogP) is 4.32. The summed E-state index contributed by atoms with van der Waals surface area (Å²) < 4.78 is 5.82. The summed E-state index contributed by atoms with van der Waals surface area (Å²) in [7, 11) is 0. The van der Waals surface area contributed by atoms with Crippen molar-refractivity contribution in [3.8, 4) is 5.75 Å². The van der Waals surface area contributed by atoms with Crippen LogP contribution in [0.5, 0.6) is 5.75 Å². The van der Waals surface area contributed by atoms with Gasteiger partial charge in [0.25, 0.3) is 5.91 Å². The first-order chi connectivity index (χ1) is 14.3. The maximum Gasteiger partial charge on any atom is 0.261 e. The Kier molecular flexibility index (Phi) is 8.90. The van der Waals surface area contributed by atoms with Gasteiger partial charge < -0.3 is 15.0 Å². The van der Waals surface area contributed by atoms with Crippen molar-refractivity contribution in [1.29, 1.82) is 0 Å². The van der Waals surface area contributed by atoms with E-state index >= 15 is 0 Å². The van der Waals surface area contributed by atoms with Crippen LogP contribution >= 0.6 is 0 Å². The highest BCUT2D eigenvalue weighted by Crippen LogP contribution is 2.19. The van der Waals surface area contributed by atoms with Crippen molar-refractivity contribution in [2.75, 3.05) is 13.2 Å². The van der Waals surface area contributed by atoms with Gasteiger partial charge in [-0.25, -0.2) is 0 Å². The van der Waals surface area contributed by atoms with Gasteiger partial charge in [0.05, 0.1) is 0 Å². The molecule has 0 saturated heterocycles. The van der Waals surface area contributed by atoms with Gasteiger partial charge in [-0.1, -0.05) is 61.4 Å². The molecule has 1 N–H and O–H groups in total. The topological polar surface area (TPSA) is 58.6 Å². The smallest absolute Gasteiger partial charge is 0.261 e. The van der Waals surface area contributed by atoms with Gasteiger partial charge in [0.1, 0.15) is 11.8 Å². The molecular weight excluding hydrogens is 376 g/mol. The van der Waals surface area contributed by atoms with E-state index in [1.807, 2.05) is 77.1 Å². The van der Waals surface area contributed by atoms with Crippen LogP contribution in [-0.2, 0) is 16.1 Å². The van der Waals surface area contributed by atoms with Gasteiger partial charge in [0.15, 0.2) is 6.61 Å².